The molecule has 1 amide bonds. The number of ether oxygens (including phenoxy) is 1. The third-order valence-corrected chi connectivity index (χ3v) is 3.68. The molecule has 110 valence electrons. The van der Waals surface area contributed by atoms with Crippen LogP contribution in [0.5, 0.6) is 5.75 Å². The van der Waals surface area contributed by atoms with Crippen molar-refractivity contribution in [3.05, 3.63) is 23.5 Å². The number of aromatic nitrogens is 1. The average Bonchev–Trinajstić information content (AvgIpc) is 2.40. The molecule has 20 heavy (non-hydrogen) atoms. The van der Waals surface area contributed by atoms with Crippen LogP contribution in [-0.4, -0.2) is 35.0 Å². The molecule has 0 aliphatic carbocycles. The van der Waals surface area contributed by atoms with E-state index in [4.69, 9.17) is 16.3 Å². The molecule has 0 aromatic carbocycles. The summed E-state index contributed by atoms with van der Waals surface area (Å²) in [6, 6.07) is 1.77. The van der Waals surface area contributed by atoms with E-state index in [9.17, 15) is 4.79 Å². The summed E-state index contributed by atoms with van der Waals surface area (Å²) in [6.45, 7) is 7.34. The molecule has 1 aromatic rings. The van der Waals surface area contributed by atoms with Gasteiger partial charge in [0, 0.05) is 49.8 Å². The second-order valence-electron chi connectivity index (χ2n) is 6.17. The average molecular weight is 297 g/mol. The van der Waals surface area contributed by atoms with Gasteiger partial charge < -0.3 is 9.64 Å². The van der Waals surface area contributed by atoms with E-state index < -0.39 is 0 Å². The van der Waals surface area contributed by atoms with Gasteiger partial charge in [0.25, 0.3) is 0 Å². The van der Waals surface area contributed by atoms with Crippen LogP contribution >= 0.6 is 11.6 Å². The highest BCUT2D eigenvalue weighted by Crippen LogP contribution is 2.27. The quantitative estimate of drug-likeness (QED) is 0.842. The lowest BCUT2D eigenvalue weighted by Crippen LogP contribution is -2.46. The normalized spacial score (nSPS) is 17.1. The third kappa shape index (κ3) is 3.63. The Bertz CT molecular complexity index is 477. The Morgan fingerprint density at radius 3 is 2.60 bits per heavy atom. The molecule has 0 spiro atoms. The number of hydrogen-bond donors (Lipinski definition) is 0. The molecular formula is C15H21ClN2O2. The maximum Gasteiger partial charge on any atom is 0.227 e. The summed E-state index contributed by atoms with van der Waals surface area (Å²) in [5.74, 6) is 0.875. The second kappa shape index (κ2) is 6.00. The van der Waals surface area contributed by atoms with Gasteiger partial charge in [-0.25, -0.2) is 0 Å². The highest BCUT2D eigenvalue weighted by atomic mass is 35.5. The first-order valence-corrected chi connectivity index (χ1v) is 7.31. The minimum Gasteiger partial charge on any atom is -0.489 e. The Hall–Kier alpha value is -1.29. The zero-order valence-electron chi connectivity index (χ0n) is 12.2. The van der Waals surface area contributed by atoms with Crippen molar-refractivity contribution in [1.82, 2.24) is 9.88 Å². The lowest BCUT2D eigenvalue weighted by atomic mass is 9.93. The summed E-state index contributed by atoms with van der Waals surface area (Å²) >= 11 is 6.03. The summed E-state index contributed by atoms with van der Waals surface area (Å²) in [5.41, 5.74) is -0.317. The SMILES string of the molecule is CC(C)(C)C(=O)N1CCC(Oc2ccncc2Cl)CC1. The second-order valence-corrected chi connectivity index (χ2v) is 6.57. The number of carbonyl (C=O) groups is 1. The van der Waals surface area contributed by atoms with Crippen LogP contribution in [0.1, 0.15) is 33.6 Å². The van der Waals surface area contributed by atoms with Crippen LogP contribution < -0.4 is 4.74 Å². The van der Waals surface area contributed by atoms with Crippen LogP contribution in [0.4, 0.5) is 0 Å². The largest absolute Gasteiger partial charge is 0.489 e. The predicted octanol–water partition coefficient (Wildman–Crippen LogP) is 3.15. The Morgan fingerprint density at radius 1 is 1.40 bits per heavy atom. The minimum atomic E-state index is -0.317. The van der Waals surface area contributed by atoms with E-state index in [2.05, 4.69) is 4.98 Å². The summed E-state index contributed by atoms with van der Waals surface area (Å²) in [6.07, 6.45) is 5.02. The molecule has 0 N–H and O–H groups in total. The van der Waals surface area contributed by atoms with Gasteiger partial charge in [-0.15, -0.1) is 0 Å². The number of carbonyl (C=O) groups excluding carboxylic acids is 1. The van der Waals surface area contributed by atoms with Gasteiger partial charge in [-0.3, -0.25) is 9.78 Å². The summed E-state index contributed by atoms with van der Waals surface area (Å²) < 4.78 is 5.89. The van der Waals surface area contributed by atoms with Crippen molar-refractivity contribution in [3.8, 4) is 5.75 Å². The van der Waals surface area contributed by atoms with Crippen molar-refractivity contribution >= 4 is 17.5 Å². The number of amides is 1. The molecule has 1 aliphatic rings. The monoisotopic (exact) mass is 296 g/mol. The highest BCUT2D eigenvalue weighted by molar-refractivity contribution is 6.31. The van der Waals surface area contributed by atoms with Gasteiger partial charge in [-0.2, -0.15) is 0 Å². The van der Waals surface area contributed by atoms with Crippen molar-refractivity contribution in [2.45, 2.75) is 39.7 Å². The van der Waals surface area contributed by atoms with Crippen molar-refractivity contribution in [1.29, 1.82) is 0 Å². The number of likely N-dealkylation sites (tertiary alicyclic amines) is 1. The van der Waals surface area contributed by atoms with Gasteiger partial charge in [0.1, 0.15) is 16.9 Å². The fraction of sp³-hybridized carbons (Fsp3) is 0.600. The fourth-order valence-electron chi connectivity index (χ4n) is 2.29. The van der Waals surface area contributed by atoms with E-state index in [-0.39, 0.29) is 17.4 Å². The molecule has 2 heterocycles. The summed E-state index contributed by atoms with van der Waals surface area (Å²) in [7, 11) is 0. The number of hydrogen-bond acceptors (Lipinski definition) is 3. The van der Waals surface area contributed by atoms with E-state index in [0.29, 0.717) is 10.8 Å². The van der Waals surface area contributed by atoms with E-state index in [1.54, 1.807) is 18.5 Å². The molecule has 0 unspecified atom stereocenters. The van der Waals surface area contributed by atoms with Crippen molar-refractivity contribution in [2.75, 3.05) is 13.1 Å². The number of pyridine rings is 1. The molecule has 0 bridgehead atoms. The maximum absolute atomic E-state index is 12.2. The molecule has 2 rings (SSSR count). The van der Waals surface area contributed by atoms with Crippen LogP contribution in [0.2, 0.25) is 5.02 Å². The van der Waals surface area contributed by atoms with Crippen LogP contribution in [0.3, 0.4) is 0 Å². The molecule has 1 aliphatic heterocycles. The molecule has 0 saturated carbocycles. The van der Waals surface area contributed by atoms with E-state index in [1.807, 2.05) is 25.7 Å². The van der Waals surface area contributed by atoms with Gasteiger partial charge in [0.05, 0.1) is 0 Å². The minimum absolute atomic E-state index is 0.110. The molecule has 0 radical (unpaired) electrons. The van der Waals surface area contributed by atoms with Gasteiger partial charge in [-0.1, -0.05) is 32.4 Å². The first-order chi connectivity index (χ1) is 9.38. The third-order valence-electron chi connectivity index (χ3n) is 3.40. The van der Waals surface area contributed by atoms with Crippen LogP contribution in [0.15, 0.2) is 18.5 Å². The fourth-order valence-corrected chi connectivity index (χ4v) is 2.45. The van der Waals surface area contributed by atoms with Crippen LogP contribution in [0.25, 0.3) is 0 Å². The maximum atomic E-state index is 12.2. The van der Waals surface area contributed by atoms with E-state index >= 15 is 0 Å². The molecule has 1 saturated heterocycles. The van der Waals surface area contributed by atoms with Gasteiger partial charge in [0.2, 0.25) is 5.91 Å². The van der Waals surface area contributed by atoms with E-state index in [0.717, 1.165) is 25.9 Å². The number of rotatable bonds is 2. The predicted molar refractivity (Wildman–Crippen MR) is 78.9 cm³/mol. The standard InChI is InChI=1S/C15H21ClN2O2/c1-15(2,3)14(19)18-8-5-11(6-9-18)20-13-4-7-17-10-12(13)16/h4,7,10-11H,5-6,8-9H2,1-3H3. The lowest BCUT2D eigenvalue weighted by molar-refractivity contribution is -0.141. The van der Waals surface area contributed by atoms with Gasteiger partial charge in [-0.05, 0) is 0 Å². The van der Waals surface area contributed by atoms with Crippen molar-refractivity contribution < 1.29 is 9.53 Å². The number of piperidine rings is 1. The lowest BCUT2D eigenvalue weighted by Gasteiger charge is -2.35. The Morgan fingerprint density at radius 2 is 2.05 bits per heavy atom. The van der Waals surface area contributed by atoms with Crippen LogP contribution in [-0.2, 0) is 4.79 Å². The Labute approximate surface area is 125 Å². The van der Waals surface area contributed by atoms with E-state index in [1.165, 1.54) is 0 Å². The van der Waals surface area contributed by atoms with Crippen molar-refractivity contribution in [2.24, 2.45) is 5.41 Å². The summed E-state index contributed by atoms with van der Waals surface area (Å²) in [5, 5.41) is 0.528. The smallest absolute Gasteiger partial charge is 0.227 e. The molecular weight excluding hydrogens is 276 g/mol. The number of halogens is 1. The van der Waals surface area contributed by atoms with Gasteiger partial charge in [0.15, 0.2) is 0 Å². The Balaban J connectivity index is 1.89. The molecule has 0 atom stereocenters. The zero-order valence-corrected chi connectivity index (χ0v) is 13.0. The molecule has 5 heteroatoms. The van der Waals surface area contributed by atoms with Crippen LogP contribution in [0, 0.1) is 5.41 Å². The zero-order chi connectivity index (χ0) is 14.8. The van der Waals surface area contributed by atoms with Crippen molar-refractivity contribution in [3.63, 3.8) is 0 Å². The Kier molecular flexibility index (Phi) is 4.53. The first kappa shape index (κ1) is 15.1. The summed E-state index contributed by atoms with van der Waals surface area (Å²) in [4.78, 5) is 18.1. The molecule has 1 aromatic heterocycles. The highest BCUT2D eigenvalue weighted by Gasteiger charge is 2.30. The first-order valence-electron chi connectivity index (χ1n) is 6.93. The topological polar surface area (TPSA) is 42.4 Å². The molecule has 1 fully saturated rings. The molecule has 4 nitrogen and oxygen atoms in total. The number of nitrogens with zero attached hydrogens (tertiary/aromatic N) is 2. The van der Waals surface area contributed by atoms with Gasteiger partial charge >= 0.3 is 0 Å².